The third kappa shape index (κ3) is 2.92. The third-order valence-corrected chi connectivity index (χ3v) is 4.35. The number of carboxylic acids is 1. The topological polar surface area (TPSA) is 113 Å². The molecule has 21 heavy (non-hydrogen) atoms. The molecule has 1 atom stereocenters. The summed E-state index contributed by atoms with van der Waals surface area (Å²) in [5, 5.41) is 9.21. The highest BCUT2D eigenvalue weighted by Gasteiger charge is 2.42. The van der Waals surface area contributed by atoms with Crippen molar-refractivity contribution in [2.45, 2.75) is 19.4 Å². The number of carbonyl (C=O) groups is 2. The monoisotopic (exact) mass is 314 g/mol. The summed E-state index contributed by atoms with van der Waals surface area (Å²) in [4.78, 5) is 22.6. The second-order valence-electron chi connectivity index (χ2n) is 4.31. The maximum absolute atomic E-state index is 12.2. The Balaban J connectivity index is 2.38. The molecule has 0 aromatic heterocycles. The van der Waals surface area contributed by atoms with Gasteiger partial charge < -0.3 is 9.84 Å². The van der Waals surface area contributed by atoms with E-state index in [0.29, 0.717) is 9.87 Å². The smallest absolute Gasteiger partial charge is 0.422 e. The molecule has 2 N–H and O–H groups in total. The Morgan fingerprint density at radius 1 is 1.43 bits per heavy atom. The molecule has 0 fully saturated rings. The van der Waals surface area contributed by atoms with Crippen molar-refractivity contribution in [1.29, 1.82) is 0 Å². The van der Waals surface area contributed by atoms with E-state index in [4.69, 9.17) is 0 Å². The normalized spacial score (nSPS) is 17.2. The van der Waals surface area contributed by atoms with Gasteiger partial charge in [0.1, 0.15) is 6.04 Å². The molecular formula is C12H14N2O6S. The standard InChI is InChI=1S/C12H14N2O6S/c1-2-20-12(17)13-21(18,19)14-9-6-4-3-5-8(9)7-10(14)11(15)16/h3-6,10H,2,7H2,1H3,(H,13,17)(H,15,16)/t10-/m0/s1. The van der Waals surface area contributed by atoms with Crippen LogP contribution in [0.5, 0.6) is 0 Å². The minimum Gasteiger partial charge on any atom is -0.480 e. The number of amides is 1. The quantitative estimate of drug-likeness (QED) is 0.836. The van der Waals surface area contributed by atoms with Crippen molar-refractivity contribution in [2.24, 2.45) is 0 Å². The van der Waals surface area contributed by atoms with Crippen LogP contribution in [0.25, 0.3) is 0 Å². The summed E-state index contributed by atoms with van der Waals surface area (Å²) in [5.74, 6) is -1.29. The average molecular weight is 314 g/mol. The number of benzene rings is 1. The Kier molecular flexibility index (Phi) is 4.03. The number of fused-ring (bicyclic) bond motifs is 1. The number of hydrogen-bond acceptors (Lipinski definition) is 5. The van der Waals surface area contributed by atoms with Gasteiger partial charge in [0, 0.05) is 6.42 Å². The molecule has 1 aliphatic rings. The van der Waals surface area contributed by atoms with E-state index in [1.807, 2.05) is 0 Å². The van der Waals surface area contributed by atoms with Crippen LogP contribution in [-0.2, 0) is 26.2 Å². The summed E-state index contributed by atoms with van der Waals surface area (Å²) in [6, 6.07) is 5.12. The number of anilines is 1. The number of carboxylic acid groups (broad SMARTS) is 1. The number of nitrogens with one attached hydrogen (secondary N) is 1. The van der Waals surface area contributed by atoms with Crippen molar-refractivity contribution in [3.63, 3.8) is 0 Å². The number of rotatable bonds is 4. The molecule has 0 radical (unpaired) electrons. The first-order valence-electron chi connectivity index (χ1n) is 6.16. The van der Waals surface area contributed by atoms with Crippen molar-refractivity contribution in [3.8, 4) is 0 Å². The van der Waals surface area contributed by atoms with Gasteiger partial charge in [-0.25, -0.2) is 18.6 Å². The first-order valence-corrected chi connectivity index (χ1v) is 7.60. The Hall–Kier alpha value is -2.29. The Morgan fingerprint density at radius 2 is 2.10 bits per heavy atom. The van der Waals surface area contributed by atoms with Gasteiger partial charge in [0.2, 0.25) is 0 Å². The summed E-state index contributed by atoms with van der Waals surface area (Å²) in [7, 11) is -4.36. The number of carbonyl (C=O) groups excluding carboxylic acids is 1. The molecule has 1 amide bonds. The van der Waals surface area contributed by atoms with Gasteiger partial charge in [0.25, 0.3) is 0 Å². The minimum absolute atomic E-state index is 0.000297. The van der Waals surface area contributed by atoms with E-state index in [9.17, 15) is 23.1 Å². The van der Waals surface area contributed by atoms with E-state index < -0.39 is 28.3 Å². The summed E-state index contributed by atoms with van der Waals surface area (Å²) in [6.45, 7) is 1.53. The van der Waals surface area contributed by atoms with Gasteiger partial charge in [-0.1, -0.05) is 18.2 Å². The molecule has 2 rings (SSSR count). The first kappa shape index (κ1) is 15.1. The Bertz CT molecular complexity index is 672. The van der Waals surface area contributed by atoms with E-state index in [1.54, 1.807) is 22.9 Å². The molecular weight excluding hydrogens is 300 g/mol. The van der Waals surface area contributed by atoms with Crippen molar-refractivity contribution < 1.29 is 27.9 Å². The van der Waals surface area contributed by atoms with Crippen LogP contribution in [-0.4, -0.2) is 38.2 Å². The zero-order valence-corrected chi connectivity index (χ0v) is 12.0. The van der Waals surface area contributed by atoms with Crippen LogP contribution in [0.15, 0.2) is 24.3 Å². The Labute approximate surface area is 121 Å². The van der Waals surface area contributed by atoms with Crippen LogP contribution in [0, 0.1) is 0 Å². The van der Waals surface area contributed by atoms with Crippen LogP contribution in [0.3, 0.4) is 0 Å². The van der Waals surface area contributed by atoms with E-state index in [1.165, 1.54) is 13.0 Å². The molecule has 1 aromatic rings. The summed E-state index contributed by atoms with van der Waals surface area (Å²) < 4.78 is 31.4. The van der Waals surface area contributed by atoms with Crippen LogP contribution in [0.2, 0.25) is 0 Å². The molecule has 114 valence electrons. The molecule has 1 aliphatic heterocycles. The van der Waals surface area contributed by atoms with Crippen LogP contribution >= 0.6 is 0 Å². The van der Waals surface area contributed by atoms with Gasteiger partial charge in [-0.15, -0.1) is 0 Å². The zero-order valence-electron chi connectivity index (χ0n) is 11.1. The van der Waals surface area contributed by atoms with E-state index in [2.05, 4.69) is 4.74 Å². The molecule has 8 nitrogen and oxygen atoms in total. The van der Waals surface area contributed by atoms with Crippen LogP contribution in [0.4, 0.5) is 10.5 Å². The second-order valence-corrected chi connectivity index (χ2v) is 5.86. The molecule has 0 bridgehead atoms. The average Bonchev–Trinajstić information content (AvgIpc) is 2.78. The predicted molar refractivity (Wildman–Crippen MR) is 73.1 cm³/mol. The summed E-state index contributed by atoms with van der Waals surface area (Å²) in [6.07, 6.45) is -1.11. The van der Waals surface area contributed by atoms with Gasteiger partial charge >= 0.3 is 22.3 Å². The number of hydrogen-bond donors (Lipinski definition) is 2. The minimum atomic E-state index is -4.36. The second kappa shape index (κ2) is 5.60. The van der Waals surface area contributed by atoms with Crippen molar-refractivity contribution in [1.82, 2.24) is 4.72 Å². The number of ether oxygens (including phenoxy) is 1. The molecule has 1 heterocycles. The van der Waals surface area contributed by atoms with Gasteiger partial charge in [-0.2, -0.15) is 8.42 Å². The van der Waals surface area contributed by atoms with Gasteiger partial charge in [0.15, 0.2) is 0 Å². The fourth-order valence-electron chi connectivity index (χ4n) is 2.16. The zero-order chi connectivity index (χ0) is 15.6. The molecule has 0 unspecified atom stereocenters. The number of aliphatic carboxylic acids is 1. The maximum atomic E-state index is 12.2. The molecule has 0 aliphatic carbocycles. The lowest BCUT2D eigenvalue weighted by atomic mass is 10.1. The molecule has 0 saturated carbocycles. The molecule has 0 saturated heterocycles. The maximum Gasteiger partial charge on any atom is 0.422 e. The largest absolute Gasteiger partial charge is 0.480 e. The first-order chi connectivity index (χ1) is 9.86. The summed E-state index contributed by atoms with van der Waals surface area (Å²) >= 11 is 0. The van der Waals surface area contributed by atoms with Crippen LogP contribution in [0.1, 0.15) is 12.5 Å². The number of para-hydroxylation sites is 1. The Morgan fingerprint density at radius 3 is 2.71 bits per heavy atom. The highest BCUT2D eigenvalue weighted by atomic mass is 32.2. The molecule has 9 heteroatoms. The van der Waals surface area contributed by atoms with Crippen molar-refractivity contribution >= 4 is 28.0 Å². The van der Waals surface area contributed by atoms with E-state index >= 15 is 0 Å². The van der Waals surface area contributed by atoms with Gasteiger partial charge in [0.05, 0.1) is 12.3 Å². The van der Waals surface area contributed by atoms with Gasteiger partial charge in [-0.05, 0) is 18.6 Å². The highest BCUT2D eigenvalue weighted by molar-refractivity contribution is 7.91. The lowest BCUT2D eigenvalue weighted by Gasteiger charge is -2.23. The molecule has 0 spiro atoms. The van der Waals surface area contributed by atoms with Crippen LogP contribution < -0.4 is 9.03 Å². The number of nitrogens with zero attached hydrogens (tertiary/aromatic N) is 1. The fourth-order valence-corrected chi connectivity index (χ4v) is 3.46. The lowest BCUT2D eigenvalue weighted by Crippen LogP contribution is -2.50. The lowest BCUT2D eigenvalue weighted by molar-refractivity contribution is -0.138. The fraction of sp³-hybridized carbons (Fsp3) is 0.333. The van der Waals surface area contributed by atoms with E-state index in [0.717, 1.165) is 0 Å². The predicted octanol–water partition coefficient (Wildman–Crippen LogP) is 0.493. The van der Waals surface area contributed by atoms with Gasteiger partial charge in [-0.3, -0.25) is 0 Å². The highest BCUT2D eigenvalue weighted by Crippen LogP contribution is 2.33. The van der Waals surface area contributed by atoms with Crippen molar-refractivity contribution in [3.05, 3.63) is 29.8 Å². The third-order valence-electron chi connectivity index (χ3n) is 2.96. The summed E-state index contributed by atoms with van der Waals surface area (Å²) in [5.41, 5.74) is 0.820. The molecule has 1 aromatic carbocycles. The van der Waals surface area contributed by atoms with E-state index in [-0.39, 0.29) is 18.7 Å². The SMILES string of the molecule is CCOC(=O)NS(=O)(=O)N1c2ccccc2C[C@H]1C(=O)O. The van der Waals surface area contributed by atoms with Crippen molar-refractivity contribution in [2.75, 3.05) is 10.9 Å².